The summed E-state index contributed by atoms with van der Waals surface area (Å²) in [5.41, 5.74) is -0.675. The molecule has 1 aliphatic carbocycles. The molecule has 2 N–H and O–H groups in total. The van der Waals surface area contributed by atoms with Gasteiger partial charge < -0.3 is 14.9 Å². The van der Waals surface area contributed by atoms with Crippen molar-refractivity contribution in [3.63, 3.8) is 0 Å². The lowest BCUT2D eigenvalue weighted by Gasteiger charge is -2.54. The molecule has 0 aliphatic heterocycles. The van der Waals surface area contributed by atoms with Crippen molar-refractivity contribution in [2.45, 2.75) is 43.2 Å². The summed E-state index contributed by atoms with van der Waals surface area (Å²) < 4.78 is 40.8. The molecule has 1 aliphatic rings. The largest absolute Gasteiger partial charge is 0.573 e. The van der Waals surface area contributed by atoms with Gasteiger partial charge >= 0.3 is 6.36 Å². The molecule has 1 aromatic heterocycles. The Hall–Kier alpha value is -2.12. The van der Waals surface area contributed by atoms with Gasteiger partial charge in [0.05, 0.1) is 11.3 Å². The molecule has 1 fully saturated rings. The van der Waals surface area contributed by atoms with Crippen LogP contribution in [0.25, 0.3) is 0 Å². The van der Waals surface area contributed by atoms with Crippen molar-refractivity contribution in [2.75, 3.05) is 0 Å². The Morgan fingerprint density at radius 3 is 2.24 bits per heavy atom. The molecule has 1 heterocycles. The SMILES string of the molecule is CC1(O)CC(c2ccc(OC(F)(F)F)cc2)([C@H](O)c2ccccn2)C1. The van der Waals surface area contributed by atoms with Crippen molar-refractivity contribution < 1.29 is 28.1 Å². The van der Waals surface area contributed by atoms with Gasteiger partial charge in [-0.15, -0.1) is 13.2 Å². The summed E-state index contributed by atoms with van der Waals surface area (Å²) >= 11 is 0. The van der Waals surface area contributed by atoms with E-state index >= 15 is 0 Å². The van der Waals surface area contributed by atoms with Gasteiger partial charge in [0, 0.05) is 11.6 Å². The van der Waals surface area contributed by atoms with E-state index in [2.05, 4.69) is 9.72 Å². The van der Waals surface area contributed by atoms with E-state index in [4.69, 9.17) is 0 Å². The molecule has 1 atom stereocenters. The molecule has 25 heavy (non-hydrogen) atoms. The highest BCUT2D eigenvalue weighted by Gasteiger charge is 2.56. The number of hydrogen-bond donors (Lipinski definition) is 2. The molecule has 0 unspecified atom stereocenters. The van der Waals surface area contributed by atoms with E-state index in [1.165, 1.54) is 24.3 Å². The molecular weight excluding hydrogens is 335 g/mol. The summed E-state index contributed by atoms with van der Waals surface area (Å²) in [5.74, 6) is -0.329. The summed E-state index contributed by atoms with van der Waals surface area (Å²) in [6.45, 7) is 1.66. The van der Waals surface area contributed by atoms with Crippen molar-refractivity contribution in [1.82, 2.24) is 4.98 Å². The van der Waals surface area contributed by atoms with Gasteiger partial charge in [0.2, 0.25) is 0 Å². The second-order valence-electron chi connectivity index (χ2n) is 6.74. The average molecular weight is 353 g/mol. The predicted molar refractivity (Wildman–Crippen MR) is 83.9 cm³/mol. The van der Waals surface area contributed by atoms with Crippen LogP contribution in [0.5, 0.6) is 5.75 Å². The van der Waals surface area contributed by atoms with Gasteiger partial charge in [0.1, 0.15) is 11.9 Å². The van der Waals surface area contributed by atoms with Crippen LogP contribution in [-0.4, -0.2) is 27.2 Å². The first-order valence-corrected chi connectivity index (χ1v) is 7.79. The van der Waals surface area contributed by atoms with E-state index in [0.717, 1.165) is 0 Å². The highest BCUT2D eigenvalue weighted by atomic mass is 19.4. The number of aliphatic hydroxyl groups is 2. The van der Waals surface area contributed by atoms with Crippen LogP contribution in [0.15, 0.2) is 48.7 Å². The molecule has 2 aromatic rings. The Morgan fingerprint density at radius 2 is 1.76 bits per heavy atom. The molecule has 134 valence electrons. The van der Waals surface area contributed by atoms with Crippen LogP contribution in [0.2, 0.25) is 0 Å². The van der Waals surface area contributed by atoms with Gasteiger partial charge in [-0.2, -0.15) is 0 Å². The van der Waals surface area contributed by atoms with E-state index in [0.29, 0.717) is 11.3 Å². The fraction of sp³-hybridized carbons (Fsp3) is 0.389. The fourth-order valence-corrected chi connectivity index (χ4v) is 3.67. The van der Waals surface area contributed by atoms with Crippen molar-refractivity contribution >= 4 is 0 Å². The zero-order valence-corrected chi connectivity index (χ0v) is 13.5. The van der Waals surface area contributed by atoms with E-state index in [1.54, 1.807) is 31.3 Å². The van der Waals surface area contributed by atoms with Crippen LogP contribution in [-0.2, 0) is 5.41 Å². The second kappa shape index (κ2) is 6.00. The zero-order chi connectivity index (χ0) is 18.3. The maximum absolute atomic E-state index is 12.3. The van der Waals surface area contributed by atoms with Gasteiger partial charge in [-0.3, -0.25) is 4.98 Å². The topological polar surface area (TPSA) is 62.6 Å². The number of alkyl halides is 3. The molecule has 0 radical (unpaired) electrons. The number of benzene rings is 1. The first-order valence-electron chi connectivity index (χ1n) is 7.79. The number of pyridine rings is 1. The van der Waals surface area contributed by atoms with Crippen molar-refractivity contribution in [2.24, 2.45) is 0 Å². The Morgan fingerprint density at radius 1 is 1.12 bits per heavy atom. The second-order valence-corrected chi connectivity index (χ2v) is 6.74. The van der Waals surface area contributed by atoms with Gasteiger partial charge in [-0.25, -0.2) is 0 Å². The maximum atomic E-state index is 12.3. The minimum Gasteiger partial charge on any atom is -0.406 e. The Balaban J connectivity index is 1.92. The fourth-order valence-electron chi connectivity index (χ4n) is 3.67. The first-order chi connectivity index (χ1) is 11.6. The normalized spacial score (nSPS) is 27.4. The molecule has 1 aromatic carbocycles. The standard InChI is InChI=1S/C18H18F3NO3/c1-16(24)10-17(11-16,15(23)14-4-2-3-9-22-14)12-5-7-13(8-6-12)25-18(19,20)21/h2-9,15,23-24H,10-11H2,1H3/t15-,16?,17?/m1/s1. The molecule has 7 heteroatoms. The summed E-state index contributed by atoms with van der Waals surface area (Å²) in [4.78, 5) is 4.16. The van der Waals surface area contributed by atoms with Crippen molar-refractivity contribution in [3.8, 4) is 5.75 Å². The average Bonchev–Trinajstić information content (AvgIpc) is 2.51. The number of nitrogens with zero attached hydrogens (tertiary/aromatic N) is 1. The molecular formula is C18H18F3NO3. The Kier molecular flexibility index (Phi) is 4.25. The summed E-state index contributed by atoms with van der Waals surface area (Å²) in [5, 5.41) is 21.1. The van der Waals surface area contributed by atoms with Gasteiger partial charge in [0.15, 0.2) is 0 Å². The number of halogens is 3. The molecule has 3 rings (SSSR count). The molecule has 4 nitrogen and oxygen atoms in total. The van der Waals surface area contributed by atoms with Crippen molar-refractivity contribution in [3.05, 3.63) is 59.9 Å². The highest BCUT2D eigenvalue weighted by Crippen LogP contribution is 2.56. The number of hydrogen-bond acceptors (Lipinski definition) is 4. The third kappa shape index (κ3) is 3.62. The maximum Gasteiger partial charge on any atom is 0.573 e. The van der Waals surface area contributed by atoms with Crippen LogP contribution in [0, 0.1) is 0 Å². The monoisotopic (exact) mass is 353 g/mol. The third-order valence-corrected chi connectivity index (χ3v) is 4.55. The van der Waals surface area contributed by atoms with Crippen LogP contribution < -0.4 is 4.74 Å². The number of rotatable bonds is 4. The van der Waals surface area contributed by atoms with Crippen LogP contribution in [0.3, 0.4) is 0 Å². The van der Waals surface area contributed by atoms with Crippen LogP contribution in [0.4, 0.5) is 13.2 Å². The number of ether oxygens (including phenoxy) is 1. The van der Waals surface area contributed by atoms with Crippen molar-refractivity contribution in [1.29, 1.82) is 0 Å². The van der Waals surface area contributed by atoms with Gasteiger partial charge in [-0.1, -0.05) is 18.2 Å². The van der Waals surface area contributed by atoms with E-state index in [1.807, 2.05) is 0 Å². The van der Waals surface area contributed by atoms with Gasteiger partial charge in [-0.05, 0) is 49.6 Å². The number of aromatic nitrogens is 1. The lowest BCUT2D eigenvalue weighted by molar-refractivity contribution is -0.274. The predicted octanol–water partition coefficient (Wildman–Crippen LogP) is 3.50. The molecule has 0 spiro atoms. The van der Waals surface area contributed by atoms with Crippen LogP contribution >= 0.6 is 0 Å². The van der Waals surface area contributed by atoms with Crippen LogP contribution in [0.1, 0.15) is 37.1 Å². The highest BCUT2D eigenvalue weighted by molar-refractivity contribution is 5.38. The number of aliphatic hydroxyl groups excluding tert-OH is 1. The Bertz CT molecular complexity index is 721. The smallest absolute Gasteiger partial charge is 0.406 e. The lowest BCUT2D eigenvalue weighted by atomic mass is 9.53. The third-order valence-electron chi connectivity index (χ3n) is 4.55. The molecule has 1 saturated carbocycles. The Labute approximate surface area is 142 Å². The molecule has 0 saturated heterocycles. The van der Waals surface area contributed by atoms with E-state index in [-0.39, 0.29) is 18.6 Å². The summed E-state index contributed by atoms with van der Waals surface area (Å²) in [6.07, 6.45) is -3.63. The lowest BCUT2D eigenvalue weighted by Crippen LogP contribution is -2.56. The summed E-state index contributed by atoms with van der Waals surface area (Å²) in [6, 6.07) is 10.6. The minimum absolute atomic E-state index is 0.275. The quantitative estimate of drug-likeness (QED) is 0.883. The summed E-state index contributed by atoms with van der Waals surface area (Å²) in [7, 11) is 0. The first kappa shape index (κ1) is 17.7. The minimum atomic E-state index is -4.76. The van der Waals surface area contributed by atoms with E-state index < -0.39 is 23.5 Å². The zero-order valence-electron chi connectivity index (χ0n) is 13.5. The molecule has 0 bridgehead atoms. The van der Waals surface area contributed by atoms with E-state index in [9.17, 15) is 23.4 Å². The van der Waals surface area contributed by atoms with Gasteiger partial charge in [0.25, 0.3) is 0 Å². The molecule has 0 amide bonds.